The molecule has 0 amide bonds. The van der Waals surface area contributed by atoms with Gasteiger partial charge in [0.05, 0.1) is 5.56 Å². The maximum absolute atomic E-state index is 12.7. The average Bonchev–Trinajstić information content (AvgIpc) is 2.86. The SMILES string of the molecule is Oc1cc(Br)ccc1-c1nn2c(C(F)(F)F)nnc2s1. The molecule has 2 heterocycles. The lowest BCUT2D eigenvalue weighted by molar-refractivity contribution is -0.146. The summed E-state index contributed by atoms with van der Waals surface area (Å²) >= 11 is 4.09. The number of aromatic nitrogens is 4. The van der Waals surface area contributed by atoms with E-state index in [4.69, 9.17) is 0 Å². The second-order valence-electron chi connectivity index (χ2n) is 3.78. The van der Waals surface area contributed by atoms with Crippen LogP contribution in [0, 0.1) is 0 Å². The minimum Gasteiger partial charge on any atom is -0.507 e. The summed E-state index contributed by atoms with van der Waals surface area (Å²) in [5.74, 6) is -1.27. The highest BCUT2D eigenvalue weighted by molar-refractivity contribution is 9.10. The summed E-state index contributed by atoms with van der Waals surface area (Å²) in [4.78, 5) is 0.00893. The van der Waals surface area contributed by atoms with Gasteiger partial charge in [-0.3, -0.25) is 0 Å². The summed E-state index contributed by atoms with van der Waals surface area (Å²) in [6, 6.07) is 4.64. The van der Waals surface area contributed by atoms with Crippen LogP contribution in [0.1, 0.15) is 5.82 Å². The maximum Gasteiger partial charge on any atom is 0.453 e. The number of aromatic hydroxyl groups is 1. The molecule has 0 saturated carbocycles. The minimum absolute atomic E-state index is 0.00893. The number of hydrogen-bond acceptors (Lipinski definition) is 5. The number of halogens is 4. The molecule has 0 radical (unpaired) electrons. The van der Waals surface area contributed by atoms with Gasteiger partial charge in [0.15, 0.2) is 5.01 Å². The van der Waals surface area contributed by atoms with Crippen molar-refractivity contribution in [2.45, 2.75) is 6.18 Å². The van der Waals surface area contributed by atoms with Crippen LogP contribution < -0.4 is 0 Å². The van der Waals surface area contributed by atoms with Crippen molar-refractivity contribution in [3.8, 4) is 16.3 Å². The Morgan fingerprint density at radius 1 is 1.25 bits per heavy atom. The van der Waals surface area contributed by atoms with Crippen molar-refractivity contribution in [1.82, 2.24) is 19.8 Å². The van der Waals surface area contributed by atoms with Gasteiger partial charge in [-0.2, -0.15) is 22.8 Å². The van der Waals surface area contributed by atoms with Crippen LogP contribution in [-0.4, -0.2) is 24.9 Å². The standard InChI is InChI=1S/C10H4BrF3N4OS/c11-4-1-2-5(6(19)3-4)7-17-18-8(10(12,13)14)15-16-9(18)20-7/h1-3,19H. The third-order valence-electron chi connectivity index (χ3n) is 2.43. The van der Waals surface area contributed by atoms with E-state index in [0.29, 0.717) is 14.6 Å². The van der Waals surface area contributed by atoms with Crippen LogP contribution in [0.5, 0.6) is 5.75 Å². The molecule has 2 aromatic heterocycles. The zero-order chi connectivity index (χ0) is 14.5. The van der Waals surface area contributed by atoms with Crippen LogP contribution in [-0.2, 0) is 6.18 Å². The van der Waals surface area contributed by atoms with Crippen LogP contribution >= 0.6 is 27.3 Å². The van der Waals surface area contributed by atoms with Gasteiger partial charge in [-0.15, -0.1) is 10.2 Å². The summed E-state index contributed by atoms with van der Waals surface area (Å²) in [5.41, 5.74) is 0.330. The molecule has 3 aromatic rings. The first-order valence-corrected chi connectivity index (χ1v) is 6.75. The zero-order valence-electron chi connectivity index (χ0n) is 9.39. The number of alkyl halides is 3. The van der Waals surface area contributed by atoms with Gasteiger partial charge in [0.25, 0.3) is 5.82 Å². The molecule has 0 aliphatic carbocycles. The predicted octanol–water partition coefficient (Wildman–Crippen LogP) is 3.34. The van der Waals surface area contributed by atoms with Crippen molar-refractivity contribution in [3.05, 3.63) is 28.5 Å². The molecule has 1 aromatic carbocycles. The molecule has 0 spiro atoms. The fraction of sp³-hybridized carbons (Fsp3) is 0.100. The normalized spacial score (nSPS) is 12.2. The topological polar surface area (TPSA) is 63.3 Å². The maximum atomic E-state index is 12.7. The van der Waals surface area contributed by atoms with Crippen LogP contribution in [0.3, 0.4) is 0 Å². The molecule has 5 nitrogen and oxygen atoms in total. The quantitative estimate of drug-likeness (QED) is 0.719. The number of benzene rings is 1. The van der Waals surface area contributed by atoms with E-state index in [1.165, 1.54) is 6.07 Å². The number of fused-ring (bicyclic) bond motifs is 1. The molecule has 3 rings (SSSR count). The van der Waals surface area contributed by atoms with Crippen molar-refractivity contribution < 1.29 is 18.3 Å². The summed E-state index contributed by atoms with van der Waals surface area (Å²) < 4.78 is 39.3. The number of hydrogen-bond donors (Lipinski definition) is 1. The Labute approximate surface area is 121 Å². The molecule has 0 aliphatic heterocycles. The Morgan fingerprint density at radius 3 is 2.65 bits per heavy atom. The van der Waals surface area contributed by atoms with Crippen molar-refractivity contribution in [2.24, 2.45) is 0 Å². The van der Waals surface area contributed by atoms with E-state index in [9.17, 15) is 18.3 Å². The Bertz CT molecular complexity index is 797. The van der Waals surface area contributed by atoms with Crippen LogP contribution in [0.15, 0.2) is 22.7 Å². The smallest absolute Gasteiger partial charge is 0.453 e. The second kappa shape index (κ2) is 4.42. The average molecular weight is 365 g/mol. The molecule has 0 fully saturated rings. The predicted molar refractivity (Wildman–Crippen MR) is 68.5 cm³/mol. The molecular formula is C10H4BrF3N4OS. The van der Waals surface area contributed by atoms with E-state index < -0.39 is 12.0 Å². The zero-order valence-corrected chi connectivity index (χ0v) is 11.8. The van der Waals surface area contributed by atoms with Gasteiger partial charge >= 0.3 is 6.18 Å². The van der Waals surface area contributed by atoms with Gasteiger partial charge in [-0.25, -0.2) is 0 Å². The molecule has 1 N–H and O–H groups in total. The largest absolute Gasteiger partial charge is 0.507 e. The molecular weight excluding hydrogens is 361 g/mol. The van der Waals surface area contributed by atoms with E-state index in [1.54, 1.807) is 12.1 Å². The lowest BCUT2D eigenvalue weighted by Gasteiger charge is -2.01. The summed E-state index contributed by atoms with van der Waals surface area (Å²) in [7, 11) is 0. The van der Waals surface area contributed by atoms with E-state index in [2.05, 4.69) is 31.2 Å². The molecule has 20 heavy (non-hydrogen) atoms. The highest BCUT2D eigenvalue weighted by Crippen LogP contribution is 2.36. The van der Waals surface area contributed by atoms with Gasteiger partial charge in [0, 0.05) is 4.47 Å². The van der Waals surface area contributed by atoms with Crippen LogP contribution in [0.25, 0.3) is 15.5 Å². The summed E-state index contributed by atoms with van der Waals surface area (Å²) in [6.07, 6.45) is -4.63. The lowest BCUT2D eigenvalue weighted by Crippen LogP contribution is -2.11. The highest BCUT2D eigenvalue weighted by atomic mass is 79.9. The second-order valence-corrected chi connectivity index (χ2v) is 5.66. The molecule has 0 saturated heterocycles. The van der Waals surface area contributed by atoms with Gasteiger partial charge in [0.2, 0.25) is 4.96 Å². The molecule has 0 aliphatic rings. The van der Waals surface area contributed by atoms with Gasteiger partial charge in [-0.05, 0) is 18.2 Å². The third-order valence-corrected chi connectivity index (χ3v) is 3.86. The van der Waals surface area contributed by atoms with Gasteiger partial charge < -0.3 is 5.11 Å². The van der Waals surface area contributed by atoms with Crippen molar-refractivity contribution >= 4 is 32.2 Å². The van der Waals surface area contributed by atoms with Crippen LogP contribution in [0.4, 0.5) is 13.2 Å². The molecule has 104 valence electrons. The number of nitrogens with zero attached hydrogens (tertiary/aromatic N) is 4. The fourth-order valence-corrected chi connectivity index (χ4v) is 2.81. The molecule has 0 bridgehead atoms. The number of phenolic OH excluding ortho intramolecular Hbond substituents is 1. The summed E-state index contributed by atoms with van der Waals surface area (Å²) in [6.45, 7) is 0. The van der Waals surface area contributed by atoms with E-state index >= 15 is 0 Å². The Balaban J connectivity index is 2.16. The Hall–Kier alpha value is -1.68. The van der Waals surface area contributed by atoms with E-state index in [-0.39, 0.29) is 15.7 Å². The lowest BCUT2D eigenvalue weighted by atomic mass is 10.2. The fourth-order valence-electron chi connectivity index (χ4n) is 1.59. The number of phenols is 1. The highest BCUT2D eigenvalue weighted by Gasteiger charge is 2.38. The molecule has 0 unspecified atom stereocenters. The molecule has 0 atom stereocenters. The van der Waals surface area contributed by atoms with Gasteiger partial charge in [-0.1, -0.05) is 27.3 Å². The minimum atomic E-state index is -4.63. The van der Waals surface area contributed by atoms with Crippen molar-refractivity contribution in [1.29, 1.82) is 0 Å². The van der Waals surface area contributed by atoms with Crippen molar-refractivity contribution in [3.63, 3.8) is 0 Å². The van der Waals surface area contributed by atoms with Crippen molar-refractivity contribution in [2.75, 3.05) is 0 Å². The van der Waals surface area contributed by atoms with E-state index in [1.807, 2.05) is 0 Å². The summed E-state index contributed by atoms with van der Waals surface area (Å²) in [5, 5.41) is 20.3. The first-order valence-electron chi connectivity index (χ1n) is 5.14. The first-order chi connectivity index (χ1) is 9.36. The molecule has 10 heteroatoms. The first kappa shape index (κ1) is 13.3. The van der Waals surface area contributed by atoms with Crippen LogP contribution in [0.2, 0.25) is 0 Å². The van der Waals surface area contributed by atoms with Gasteiger partial charge in [0.1, 0.15) is 5.75 Å². The number of rotatable bonds is 1. The Kier molecular flexibility index (Phi) is 2.94. The third kappa shape index (κ3) is 2.14. The van der Waals surface area contributed by atoms with E-state index in [0.717, 1.165) is 11.3 Å². The Morgan fingerprint density at radius 2 is 2.00 bits per heavy atom. The monoisotopic (exact) mass is 364 g/mol.